The second-order valence-corrected chi connectivity index (χ2v) is 7.92. The molecule has 144 valence electrons. The molecule has 2 amide bonds. The Morgan fingerprint density at radius 3 is 2.26 bits per heavy atom. The molecule has 4 nitrogen and oxygen atoms in total. The highest BCUT2D eigenvalue weighted by Crippen LogP contribution is 2.19. The van der Waals surface area contributed by atoms with Crippen molar-refractivity contribution < 1.29 is 9.59 Å². The predicted octanol–water partition coefficient (Wildman–Crippen LogP) is 4.39. The fourth-order valence-corrected chi connectivity index (χ4v) is 3.87. The van der Waals surface area contributed by atoms with Gasteiger partial charge in [-0.25, -0.2) is 0 Å². The van der Waals surface area contributed by atoms with Crippen molar-refractivity contribution in [2.45, 2.75) is 25.3 Å². The van der Waals surface area contributed by atoms with Crippen molar-refractivity contribution in [3.8, 4) is 0 Å². The van der Waals surface area contributed by atoms with Gasteiger partial charge in [-0.2, -0.15) is 0 Å². The Balaban J connectivity index is 2.04. The van der Waals surface area contributed by atoms with E-state index in [2.05, 4.69) is 5.32 Å². The van der Waals surface area contributed by atoms with Crippen LogP contribution in [0.5, 0.6) is 0 Å². The number of benzene rings is 2. The number of amides is 2. The van der Waals surface area contributed by atoms with Crippen LogP contribution in [0.4, 0.5) is 0 Å². The minimum Gasteiger partial charge on any atom is -0.357 e. The van der Waals surface area contributed by atoms with Crippen LogP contribution in [-0.2, 0) is 21.9 Å². The summed E-state index contributed by atoms with van der Waals surface area (Å²) >= 11 is 13.5. The third-order valence-electron chi connectivity index (χ3n) is 4.04. The van der Waals surface area contributed by atoms with Gasteiger partial charge < -0.3 is 10.2 Å². The molecule has 7 heteroatoms. The normalized spacial score (nSPS) is 11.7. The number of carbonyl (C=O) groups is 2. The Kier molecular flexibility index (Phi) is 8.48. The highest BCUT2D eigenvalue weighted by Gasteiger charge is 2.25. The molecule has 0 aliphatic heterocycles. The van der Waals surface area contributed by atoms with E-state index in [1.165, 1.54) is 11.8 Å². The van der Waals surface area contributed by atoms with E-state index in [1.54, 1.807) is 31.0 Å². The summed E-state index contributed by atoms with van der Waals surface area (Å²) in [7, 11) is 1.56. The van der Waals surface area contributed by atoms with Gasteiger partial charge in [0.25, 0.3) is 0 Å². The first-order valence-corrected chi connectivity index (χ1v) is 10.4. The monoisotopic (exact) mass is 424 g/mol. The standard InChI is InChI=1S/C20H22Cl2N2O2S/c1-14(20(26)23-2)24(11-15-5-3-7-17(21)9-15)19(25)13-27-12-16-6-4-8-18(22)10-16/h3-10,14H,11-13H2,1-2H3,(H,23,26)/t14-/m0/s1. The Hall–Kier alpha value is -1.69. The summed E-state index contributed by atoms with van der Waals surface area (Å²) in [4.78, 5) is 26.5. The first-order chi connectivity index (χ1) is 12.9. The third-order valence-corrected chi connectivity index (χ3v) is 5.50. The lowest BCUT2D eigenvalue weighted by Crippen LogP contribution is -2.47. The highest BCUT2D eigenvalue weighted by atomic mass is 35.5. The van der Waals surface area contributed by atoms with Gasteiger partial charge in [0.15, 0.2) is 0 Å². The molecular formula is C20H22Cl2N2O2S. The molecular weight excluding hydrogens is 403 g/mol. The lowest BCUT2D eigenvalue weighted by molar-refractivity contribution is -0.138. The van der Waals surface area contributed by atoms with Crippen LogP contribution in [-0.4, -0.2) is 35.6 Å². The second-order valence-electron chi connectivity index (χ2n) is 6.06. The molecule has 0 fully saturated rings. The summed E-state index contributed by atoms with van der Waals surface area (Å²) in [6.07, 6.45) is 0. The number of halogens is 2. The van der Waals surface area contributed by atoms with Gasteiger partial charge in [-0.1, -0.05) is 47.5 Å². The molecule has 0 saturated heterocycles. The van der Waals surface area contributed by atoms with E-state index < -0.39 is 6.04 Å². The van der Waals surface area contributed by atoms with Crippen molar-refractivity contribution in [2.24, 2.45) is 0 Å². The van der Waals surface area contributed by atoms with Crippen molar-refractivity contribution in [1.82, 2.24) is 10.2 Å². The Morgan fingerprint density at radius 2 is 1.67 bits per heavy atom. The van der Waals surface area contributed by atoms with E-state index in [1.807, 2.05) is 36.4 Å². The number of thioether (sulfide) groups is 1. The number of rotatable bonds is 8. The van der Waals surface area contributed by atoms with Crippen molar-refractivity contribution >= 4 is 46.8 Å². The van der Waals surface area contributed by atoms with Crippen LogP contribution < -0.4 is 5.32 Å². The minimum absolute atomic E-state index is 0.0990. The summed E-state index contributed by atoms with van der Waals surface area (Å²) in [5, 5.41) is 3.88. The fourth-order valence-electron chi connectivity index (χ4n) is 2.59. The molecule has 2 aromatic rings. The van der Waals surface area contributed by atoms with E-state index in [-0.39, 0.29) is 17.6 Å². The summed E-state index contributed by atoms with van der Waals surface area (Å²) in [5.74, 6) is 0.642. The average Bonchev–Trinajstić information content (AvgIpc) is 2.65. The number of nitrogens with zero attached hydrogens (tertiary/aromatic N) is 1. The number of hydrogen-bond donors (Lipinski definition) is 1. The molecule has 0 saturated carbocycles. The molecule has 0 heterocycles. The van der Waals surface area contributed by atoms with Crippen LogP contribution in [0.25, 0.3) is 0 Å². The third kappa shape index (κ3) is 6.76. The van der Waals surface area contributed by atoms with Crippen molar-refractivity contribution in [2.75, 3.05) is 12.8 Å². The van der Waals surface area contributed by atoms with Gasteiger partial charge in [-0.05, 0) is 42.3 Å². The Morgan fingerprint density at radius 1 is 1.07 bits per heavy atom. The number of hydrogen-bond acceptors (Lipinski definition) is 3. The lowest BCUT2D eigenvalue weighted by atomic mass is 10.1. The van der Waals surface area contributed by atoms with Gasteiger partial charge in [0, 0.05) is 29.4 Å². The quantitative estimate of drug-likeness (QED) is 0.683. The van der Waals surface area contributed by atoms with Crippen LogP contribution in [0.15, 0.2) is 48.5 Å². The number of likely N-dealkylation sites (N-methyl/N-ethyl adjacent to an activating group) is 1. The number of nitrogens with one attached hydrogen (secondary N) is 1. The van der Waals surface area contributed by atoms with Crippen LogP contribution in [0.2, 0.25) is 10.0 Å². The fraction of sp³-hybridized carbons (Fsp3) is 0.300. The van der Waals surface area contributed by atoms with E-state index in [0.717, 1.165) is 11.1 Å². The molecule has 1 atom stereocenters. The van der Waals surface area contributed by atoms with E-state index in [0.29, 0.717) is 22.3 Å². The van der Waals surface area contributed by atoms with E-state index in [9.17, 15) is 9.59 Å². The molecule has 2 rings (SSSR count). The maximum Gasteiger partial charge on any atom is 0.242 e. The first kappa shape index (κ1) is 21.6. The average molecular weight is 425 g/mol. The predicted molar refractivity (Wildman–Crippen MR) is 113 cm³/mol. The topological polar surface area (TPSA) is 49.4 Å². The molecule has 0 aliphatic carbocycles. The zero-order valence-electron chi connectivity index (χ0n) is 15.2. The summed E-state index contributed by atoms with van der Waals surface area (Å²) < 4.78 is 0. The van der Waals surface area contributed by atoms with E-state index >= 15 is 0 Å². The smallest absolute Gasteiger partial charge is 0.242 e. The highest BCUT2D eigenvalue weighted by molar-refractivity contribution is 7.99. The molecule has 2 aromatic carbocycles. The van der Waals surface area contributed by atoms with Gasteiger partial charge in [0.1, 0.15) is 6.04 Å². The largest absolute Gasteiger partial charge is 0.357 e. The summed E-state index contributed by atoms with van der Waals surface area (Å²) in [5.41, 5.74) is 1.94. The van der Waals surface area contributed by atoms with Crippen molar-refractivity contribution in [3.63, 3.8) is 0 Å². The first-order valence-electron chi connectivity index (χ1n) is 8.48. The molecule has 0 spiro atoms. The zero-order chi connectivity index (χ0) is 19.8. The van der Waals surface area contributed by atoms with Gasteiger partial charge in [-0.3, -0.25) is 9.59 Å². The lowest BCUT2D eigenvalue weighted by Gasteiger charge is -2.28. The number of carbonyl (C=O) groups excluding carboxylic acids is 2. The molecule has 0 aliphatic rings. The molecule has 0 unspecified atom stereocenters. The summed E-state index contributed by atoms with van der Waals surface area (Å²) in [6.45, 7) is 2.05. The Labute approximate surface area is 174 Å². The maximum absolute atomic E-state index is 12.8. The summed E-state index contributed by atoms with van der Waals surface area (Å²) in [6, 6.07) is 14.3. The van der Waals surface area contributed by atoms with Gasteiger partial charge in [0.05, 0.1) is 5.75 Å². The van der Waals surface area contributed by atoms with Crippen LogP contribution in [0.3, 0.4) is 0 Å². The minimum atomic E-state index is -0.576. The van der Waals surface area contributed by atoms with Crippen molar-refractivity contribution in [3.05, 3.63) is 69.7 Å². The molecule has 1 N–H and O–H groups in total. The van der Waals surface area contributed by atoms with Gasteiger partial charge in [0.2, 0.25) is 11.8 Å². The van der Waals surface area contributed by atoms with Gasteiger partial charge >= 0.3 is 0 Å². The van der Waals surface area contributed by atoms with E-state index in [4.69, 9.17) is 23.2 Å². The Bertz CT molecular complexity index is 801. The van der Waals surface area contributed by atoms with Crippen LogP contribution in [0, 0.1) is 0 Å². The van der Waals surface area contributed by atoms with Crippen LogP contribution >= 0.6 is 35.0 Å². The van der Waals surface area contributed by atoms with Crippen LogP contribution in [0.1, 0.15) is 18.1 Å². The molecule has 0 bridgehead atoms. The second kappa shape index (κ2) is 10.6. The molecule has 27 heavy (non-hydrogen) atoms. The molecule has 0 radical (unpaired) electrons. The van der Waals surface area contributed by atoms with Crippen molar-refractivity contribution in [1.29, 1.82) is 0 Å². The maximum atomic E-state index is 12.8. The van der Waals surface area contributed by atoms with Gasteiger partial charge in [-0.15, -0.1) is 11.8 Å². The zero-order valence-corrected chi connectivity index (χ0v) is 17.6. The molecule has 0 aromatic heterocycles. The SMILES string of the molecule is CNC(=O)[C@H](C)N(Cc1cccc(Cl)c1)C(=O)CSCc1cccc(Cl)c1.